The van der Waals surface area contributed by atoms with Crippen molar-refractivity contribution in [1.29, 1.82) is 0 Å². The quantitative estimate of drug-likeness (QED) is 0.491. The highest BCUT2D eigenvalue weighted by Gasteiger charge is 2.46. The van der Waals surface area contributed by atoms with Gasteiger partial charge in [-0.05, 0) is 58.1 Å². The van der Waals surface area contributed by atoms with E-state index < -0.39 is 18.6 Å². The molecule has 6 nitrogen and oxygen atoms in total. The largest absolute Gasteiger partial charge is 0.480 e. The fourth-order valence-corrected chi connectivity index (χ4v) is 3.15. The van der Waals surface area contributed by atoms with E-state index in [4.69, 9.17) is 15.8 Å². The second-order valence-corrected chi connectivity index (χ2v) is 6.34. The molecule has 0 aromatic rings. The third kappa shape index (κ3) is 4.73. The van der Waals surface area contributed by atoms with Crippen LogP contribution in [0.1, 0.15) is 32.1 Å². The minimum atomic E-state index is -1.32. The summed E-state index contributed by atoms with van der Waals surface area (Å²) in [6.45, 7) is 0.830. The molecule has 0 bridgehead atoms. The van der Waals surface area contributed by atoms with E-state index in [0.29, 0.717) is 12.8 Å². The van der Waals surface area contributed by atoms with Crippen molar-refractivity contribution in [1.82, 2.24) is 4.90 Å². The lowest BCUT2D eigenvalue weighted by Crippen LogP contribution is -2.57. The minimum absolute atomic E-state index is 0.0160. The maximum atomic E-state index is 11.6. The van der Waals surface area contributed by atoms with Crippen LogP contribution in [0.3, 0.4) is 0 Å². The summed E-state index contributed by atoms with van der Waals surface area (Å²) in [4.78, 5) is 13.6. The molecule has 1 aliphatic rings. The molecule has 0 amide bonds. The first kappa shape index (κ1) is 17.4. The van der Waals surface area contributed by atoms with Gasteiger partial charge in [-0.2, -0.15) is 0 Å². The van der Waals surface area contributed by atoms with E-state index in [2.05, 4.69) is 0 Å². The van der Waals surface area contributed by atoms with Crippen LogP contribution >= 0.6 is 0 Å². The van der Waals surface area contributed by atoms with Gasteiger partial charge in [0.05, 0.1) is 0 Å². The normalized spacial score (nSPS) is 30.5. The van der Waals surface area contributed by atoms with E-state index in [9.17, 15) is 9.90 Å². The summed E-state index contributed by atoms with van der Waals surface area (Å²) in [5, 5.41) is 27.3. The van der Waals surface area contributed by atoms with Crippen molar-refractivity contribution in [3.8, 4) is 0 Å². The van der Waals surface area contributed by atoms with Crippen molar-refractivity contribution < 1.29 is 19.9 Å². The molecule has 0 aromatic carbocycles. The van der Waals surface area contributed by atoms with Crippen molar-refractivity contribution in [2.75, 3.05) is 20.6 Å². The van der Waals surface area contributed by atoms with Crippen LogP contribution in [-0.4, -0.2) is 59.3 Å². The predicted molar refractivity (Wildman–Crippen MR) is 78.2 cm³/mol. The average Bonchev–Trinajstić information content (AvgIpc) is 2.34. The lowest BCUT2D eigenvalue weighted by Gasteiger charge is -2.42. The Balaban J connectivity index is 2.64. The number of hydrogen-bond acceptors (Lipinski definition) is 5. The van der Waals surface area contributed by atoms with Gasteiger partial charge in [-0.1, -0.05) is 12.8 Å². The van der Waals surface area contributed by atoms with Crippen LogP contribution in [0, 0.1) is 11.8 Å². The predicted octanol–water partition coefficient (Wildman–Crippen LogP) is -0.000600. The smallest absolute Gasteiger partial charge is 0.451 e. The molecule has 1 rings (SSSR count). The van der Waals surface area contributed by atoms with Crippen LogP contribution in [0.2, 0.25) is 6.32 Å². The first-order valence-electron chi connectivity index (χ1n) is 7.29. The molecule has 7 heteroatoms. The Labute approximate surface area is 121 Å². The van der Waals surface area contributed by atoms with Crippen molar-refractivity contribution in [2.45, 2.75) is 44.0 Å². The highest BCUT2D eigenvalue weighted by atomic mass is 16.4. The second kappa shape index (κ2) is 7.40. The van der Waals surface area contributed by atoms with E-state index in [0.717, 1.165) is 25.8 Å². The number of nitrogens with zero attached hydrogens (tertiary/aromatic N) is 1. The van der Waals surface area contributed by atoms with E-state index in [1.165, 1.54) is 0 Å². The zero-order chi connectivity index (χ0) is 15.3. The Bertz CT molecular complexity index is 327. The molecule has 0 radical (unpaired) electrons. The van der Waals surface area contributed by atoms with Crippen LogP contribution in [0.5, 0.6) is 0 Å². The number of hydrogen-bond donors (Lipinski definition) is 4. The SMILES string of the molecule is CN(C)CCC1CCC(CCB(O)O)CC1(N)C(=O)O. The summed E-state index contributed by atoms with van der Waals surface area (Å²) in [6.07, 6.45) is 3.81. The molecule has 116 valence electrons. The molecule has 1 saturated carbocycles. The number of nitrogens with two attached hydrogens (primary N) is 1. The van der Waals surface area contributed by atoms with E-state index in [1.807, 2.05) is 19.0 Å². The molecule has 3 unspecified atom stereocenters. The highest BCUT2D eigenvalue weighted by molar-refractivity contribution is 6.40. The maximum absolute atomic E-state index is 11.6. The molecule has 20 heavy (non-hydrogen) atoms. The lowest BCUT2D eigenvalue weighted by atomic mass is 9.65. The Morgan fingerprint density at radius 2 is 2.00 bits per heavy atom. The van der Waals surface area contributed by atoms with Crippen molar-refractivity contribution in [2.24, 2.45) is 17.6 Å². The Morgan fingerprint density at radius 3 is 2.50 bits per heavy atom. The summed E-state index contributed by atoms with van der Waals surface area (Å²) in [7, 11) is 2.61. The first-order chi connectivity index (χ1) is 9.25. The van der Waals surface area contributed by atoms with Crippen LogP contribution < -0.4 is 5.73 Å². The van der Waals surface area contributed by atoms with E-state index in [-0.39, 0.29) is 18.2 Å². The monoisotopic (exact) mass is 286 g/mol. The van der Waals surface area contributed by atoms with Gasteiger partial charge < -0.3 is 25.8 Å². The Hall–Kier alpha value is -0.625. The standard InChI is InChI=1S/C13H27BN2O4/c1-16(2)8-6-11-4-3-10(5-7-14(19)20)9-13(11,15)12(17)18/h10-11,19-20H,3-9,15H2,1-2H3,(H,17,18). The van der Waals surface area contributed by atoms with Crippen LogP contribution in [0.25, 0.3) is 0 Å². The number of carbonyl (C=O) groups is 1. The number of carboxylic acids is 1. The molecule has 3 atom stereocenters. The summed E-state index contributed by atoms with van der Waals surface area (Å²) < 4.78 is 0. The molecule has 0 spiro atoms. The van der Waals surface area contributed by atoms with E-state index >= 15 is 0 Å². The van der Waals surface area contributed by atoms with Gasteiger partial charge in [0.1, 0.15) is 5.54 Å². The molecule has 5 N–H and O–H groups in total. The third-order valence-corrected chi connectivity index (χ3v) is 4.43. The first-order valence-corrected chi connectivity index (χ1v) is 7.29. The Morgan fingerprint density at radius 1 is 1.35 bits per heavy atom. The van der Waals surface area contributed by atoms with Gasteiger partial charge in [0, 0.05) is 0 Å². The van der Waals surface area contributed by atoms with Crippen molar-refractivity contribution >= 4 is 13.1 Å². The molecule has 0 saturated heterocycles. The highest BCUT2D eigenvalue weighted by Crippen LogP contribution is 2.39. The lowest BCUT2D eigenvalue weighted by molar-refractivity contribution is -0.148. The summed E-state index contributed by atoms with van der Waals surface area (Å²) in [5.41, 5.74) is 5.00. The van der Waals surface area contributed by atoms with Gasteiger partial charge >= 0.3 is 13.1 Å². The number of rotatable bonds is 7. The molecule has 0 aliphatic heterocycles. The van der Waals surface area contributed by atoms with Gasteiger partial charge in [-0.3, -0.25) is 4.79 Å². The third-order valence-electron chi connectivity index (χ3n) is 4.43. The topological polar surface area (TPSA) is 107 Å². The Kier molecular flexibility index (Phi) is 6.45. The molecule has 1 aliphatic carbocycles. The van der Waals surface area contributed by atoms with Gasteiger partial charge in [0.25, 0.3) is 0 Å². The average molecular weight is 286 g/mol. The van der Waals surface area contributed by atoms with Gasteiger partial charge in [-0.25, -0.2) is 0 Å². The summed E-state index contributed by atoms with van der Waals surface area (Å²) in [6, 6.07) is 0. The van der Waals surface area contributed by atoms with Gasteiger partial charge in [0.2, 0.25) is 0 Å². The fourth-order valence-electron chi connectivity index (χ4n) is 3.15. The molecular weight excluding hydrogens is 259 g/mol. The zero-order valence-electron chi connectivity index (χ0n) is 12.5. The van der Waals surface area contributed by atoms with Crippen LogP contribution in [-0.2, 0) is 4.79 Å². The molecule has 1 fully saturated rings. The number of carboxylic acid groups (broad SMARTS) is 1. The van der Waals surface area contributed by atoms with Crippen molar-refractivity contribution in [3.05, 3.63) is 0 Å². The van der Waals surface area contributed by atoms with Gasteiger partial charge in [0.15, 0.2) is 0 Å². The summed E-state index contributed by atoms with van der Waals surface area (Å²) >= 11 is 0. The minimum Gasteiger partial charge on any atom is -0.480 e. The number of aliphatic carboxylic acids is 1. The zero-order valence-corrected chi connectivity index (χ0v) is 12.5. The fraction of sp³-hybridized carbons (Fsp3) is 0.923. The van der Waals surface area contributed by atoms with E-state index in [1.54, 1.807) is 0 Å². The second-order valence-electron chi connectivity index (χ2n) is 6.34. The van der Waals surface area contributed by atoms with Crippen LogP contribution in [0.15, 0.2) is 0 Å². The van der Waals surface area contributed by atoms with Crippen LogP contribution in [0.4, 0.5) is 0 Å². The molecule has 0 aromatic heterocycles. The van der Waals surface area contributed by atoms with Gasteiger partial charge in [-0.15, -0.1) is 0 Å². The molecule has 0 heterocycles. The summed E-state index contributed by atoms with van der Waals surface area (Å²) in [5.74, 6) is -0.790. The van der Waals surface area contributed by atoms with Crippen molar-refractivity contribution in [3.63, 3.8) is 0 Å². The molecular formula is C13H27BN2O4. The maximum Gasteiger partial charge on any atom is 0.451 e.